The average molecular weight is 236 g/mol. The predicted octanol–water partition coefficient (Wildman–Crippen LogP) is 2.84. The number of nitrogens with one attached hydrogen (secondary N) is 1. The van der Waals surface area contributed by atoms with Gasteiger partial charge in [0.15, 0.2) is 5.13 Å². The molecule has 16 heavy (non-hydrogen) atoms. The highest BCUT2D eigenvalue weighted by molar-refractivity contribution is 7.15. The molecular weight excluding hydrogens is 220 g/mol. The molecule has 0 atom stereocenters. The number of aryl methyl sites for hydroxylation is 1. The first-order valence-electron chi connectivity index (χ1n) is 5.34. The Balaban J connectivity index is 1.94. The van der Waals surface area contributed by atoms with Crippen LogP contribution in [0, 0.1) is 6.92 Å². The van der Waals surface area contributed by atoms with Crippen LogP contribution in [0.3, 0.4) is 0 Å². The number of anilines is 1. The first-order chi connectivity index (χ1) is 7.65. The van der Waals surface area contributed by atoms with Crippen LogP contribution < -0.4 is 5.32 Å². The first-order valence-corrected chi connectivity index (χ1v) is 6.16. The summed E-state index contributed by atoms with van der Waals surface area (Å²) in [5.41, 5.74) is 1.18. The van der Waals surface area contributed by atoms with E-state index in [1.165, 1.54) is 10.4 Å². The van der Waals surface area contributed by atoms with Gasteiger partial charge in [-0.25, -0.2) is 4.98 Å². The average Bonchev–Trinajstić information content (AvgIpc) is 2.83. The topological polar surface area (TPSA) is 42.7 Å². The van der Waals surface area contributed by atoms with Gasteiger partial charge in [0.05, 0.1) is 6.20 Å². The highest BCUT2D eigenvalue weighted by Gasteiger charge is 2.02. The molecule has 0 radical (unpaired) electrons. The van der Waals surface area contributed by atoms with E-state index in [1.54, 1.807) is 11.3 Å². The van der Waals surface area contributed by atoms with Gasteiger partial charge in [-0.05, 0) is 20.8 Å². The number of hydrogen-bond acceptors (Lipinski definition) is 4. The summed E-state index contributed by atoms with van der Waals surface area (Å²) in [6, 6.07) is 0.413. The summed E-state index contributed by atoms with van der Waals surface area (Å²) in [7, 11) is 0. The molecule has 0 aliphatic heterocycles. The Kier molecular flexibility index (Phi) is 3.24. The maximum atomic E-state index is 4.29. The highest BCUT2D eigenvalue weighted by atomic mass is 32.1. The summed E-state index contributed by atoms with van der Waals surface area (Å²) in [6.07, 6.45) is 5.84. The van der Waals surface area contributed by atoms with Crippen molar-refractivity contribution in [3.05, 3.63) is 29.0 Å². The van der Waals surface area contributed by atoms with Crippen LogP contribution in [0.5, 0.6) is 0 Å². The molecule has 4 nitrogen and oxygen atoms in total. The van der Waals surface area contributed by atoms with Gasteiger partial charge in [-0.3, -0.25) is 4.68 Å². The molecule has 0 aliphatic rings. The lowest BCUT2D eigenvalue weighted by atomic mass is 10.3. The van der Waals surface area contributed by atoms with Gasteiger partial charge in [0.2, 0.25) is 0 Å². The molecule has 5 heteroatoms. The summed E-state index contributed by atoms with van der Waals surface area (Å²) in [4.78, 5) is 5.48. The molecule has 0 aliphatic carbocycles. The van der Waals surface area contributed by atoms with Gasteiger partial charge in [-0.15, -0.1) is 11.3 Å². The summed E-state index contributed by atoms with van der Waals surface area (Å²) < 4.78 is 1.96. The Bertz CT molecular complexity index is 458. The van der Waals surface area contributed by atoms with Gasteiger partial charge >= 0.3 is 0 Å². The first kappa shape index (κ1) is 11.1. The molecular formula is C11H16N4S. The lowest BCUT2D eigenvalue weighted by molar-refractivity contribution is 0.532. The van der Waals surface area contributed by atoms with Gasteiger partial charge < -0.3 is 5.32 Å². The lowest BCUT2D eigenvalue weighted by Crippen LogP contribution is -2.01. The van der Waals surface area contributed by atoms with E-state index in [2.05, 4.69) is 42.4 Å². The number of nitrogens with zero attached hydrogens (tertiary/aromatic N) is 3. The number of rotatable bonds is 4. The Labute approximate surface area is 99.3 Å². The molecule has 0 bridgehead atoms. The van der Waals surface area contributed by atoms with E-state index < -0.39 is 0 Å². The molecule has 0 unspecified atom stereocenters. The van der Waals surface area contributed by atoms with Crippen molar-refractivity contribution in [1.29, 1.82) is 0 Å². The van der Waals surface area contributed by atoms with Crippen LogP contribution in [0.15, 0.2) is 18.6 Å². The highest BCUT2D eigenvalue weighted by Crippen LogP contribution is 2.17. The zero-order valence-electron chi connectivity index (χ0n) is 9.77. The minimum Gasteiger partial charge on any atom is -0.357 e. The molecule has 86 valence electrons. The molecule has 0 aromatic carbocycles. The van der Waals surface area contributed by atoms with Crippen LogP contribution in [0.2, 0.25) is 0 Å². The zero-order valence-corrected chi connectivity index (χ0v) is 10.6. The molecule has 2 aromatic rings. The lowest BCUT2D eigenvalue weighted by Gasteiger charge is -2.03. The van der Waals surface area contributed by atoms with Crippen LogP contribution in [0.4, 0.5) is 5.13 Å². The van der Waals surface area contributed by atoms with Gasteiger partial charge in [0, 0.05) is 35.4 Å². The summed E-state index contributed by atoms with van der Waals surface area (Å²) in [5, 5.41) is 8.55. The van der Waals surface area contributed by atoms with Crippen LogP contribution in [-0.2, 0) is 6.54 Å². The van der Waals surface area contributed by atoms with Gasteiger partial charge in [-0.2, -0.15) is 5.10 Å². The van der Waals surface area contributed by atoms with E-state index >= 15 is 0 Å². The second kappa shape index (κ2) is 4.65. The maximum absolute atomic E-state index is 4.29. The SMILES string of the molecule is Cc1cnc(NCc2cnn(C(C)C)c2)s1. The van der Waals surface area contributed by atoms with Crippen molar-refractivity contribution in [3.8, 4) is 0 Å². The number of hydrogen-bond donors (Lipinski definition) is 1. The molecule has 0 saturated carbocycles. The van der Waals surface area contributed by atoms with E-state index in [0.717, 1.165) is 11.7 Å². The molecule has 0 saturated heterocycles. The van der Waals surface area contributed by atoms with Gasteiger partial charge in [-0.1, -0.05) is 0 Å². The summed E-state index contributed by atoms with van der Waals surface area (Å²) in [5.74, 6) is 0. The molecule has 2 heterocycles. The molecule has 0 spiro atoms. The van der Waals surface area contributed by atoms with Crippen molar-refractivity contribution in [2.75, 3.05) is 5.32 Å². The van der Waals surface area contributed by atoms with Crippen molar-refractivity contribution in [3.63, 3.8) is 0 Å². The number of thiazole rings is 1. The third kappa shape index (κ3) is 2.61. The Morgan fingerprint density at radius 2 is 2.25 bits per heavy atom. The second-order valence-corrected chi connectivity index (χ2v) is 5.29. The van der Waals surface area contributed by atoms with E-state index in [-0.39, 0.29) is 0 Å². The standard InChI is InChI=1S/C11H16N4S/c1-8(2)15-7-10(6-14-15)5-13-11-12-4-9(3)16-11/h4,6-8H,5H2,1-3H3,(H,12,13). The Hall–Kier alpha value is -1.36. The van der Waals surface area contributed by atoms with Crippen LogP contribution in [0.25, 0.3) is 0 Å². The summed E-state index contributed by atoms with van der Waals surface area (Å²) in [6.45, 7) is 7.07. The third-order valence-electron chi connectivity index (χ3n) is 2.25. The van der Waals surface area contributed by atoms with Crippen molar-refractivity contribution in [1.82, 2.24) is 14.8 Å². The van der Waals surface area contributed by atoms with Crippen molar-refractivity contribution < 1.29 is 0 Å². The Morgan fingerprint density at radius 1 is 1.44 bits per heavy atom. The normalized spacial score (nSPS) is 11.0. The number of aromatic nitrogens is 3. The summed E-state index contributed by atoms with van der Waals surface area (Å²) >= 11 is 1.67. The van der Waals surface area contributed by atoms with Crippen LogP contribution in [-0.4, -0.2) is 14.8 Å². The minimum absolute atomic E-state index is 0.413. The van der Waals surface area contributed by atoms with Crippen molar-refractivity contribution in [2.45, 2.75) is 33.4 Å². The van der Waals surface area contributed by atoms with Crippen LogP contribution in [0.1, 0.15) is 30.3 Å². The quantitative estimate of drug-likeness (QED) is 0.887. The zero-order chi connectivity index (χ0) is 11.5. The van der Waals surface area contributed by atoms with E-state index in [1.807, 2.05) is 17.1 Å². The molecule has 2 rings (SSSR count). The Morgan fingerprint density at radius 3 is 2.81 bits per heavy atom. The third-order valence-corrected chi connectivity index (χ3v) is 3.12. The van der Waals surface area contributed by atoms with Crippen molar-refractivity contribution >= 4 is 16.5 Å². The fraction of sp³-hybridized carbons (Fsp3) is 0.455. The van der Waals surface area contributed by atoms with Crippen LogP contribution >= 0.6 is 11.3 Å². The van der Waals surface area contributed by atoms with Gasteiger partial charge in [0.25, 0.3) is 0 Å². The molecule has 0 amide bonds. The fourth-order valence-electron chi connectivity index (χ4n) is 1.37. The van der Waals surface area contributed by atoms with E-state index in [9.17, 15) is 0 Å². The smallest absolute Gasteiger partial charge is 0.183 e. The largest absolute Gasteiger partial charge is 0.357 e. The monoisotopic (exact) mass is 236 g/mol. The van der Waals surface area contributed by atoms with Crippen molar-refractivity contribution in [2.24, 2.45) is 0 Å². The second-order valence-electron chi connectivity index (χ2n) is 4.05. The van der Waals surface area contributed by atoms with E-state index in [0.29, 0.717) is 6.04 Å². The molecule has 1 N–H and O–H groups in total. The molecule has 2 aromatic heterocycles. The van der Waals surface area contributed by atoms with Gasteiger partial charge in [0.1, 0.15) is 0 Å². The molecule has 0 fully saturated rings. The predicted molar refractivity (Wildman–Crippen MR) is 66.8 cm³/mol. The maximum Gasteiger partial charge on any atom is 0.183 e. The fourth-order valence-corrected chi connectivity index (χ4v) is 2.03. The van der Waals surface area contributed by atoms with E-state index in [4.69, 9.17) is 0 Å². The minimum atomic E-state index is 0.413.